The topological polar surface area (TPSA) is 40.1 Å². The van der Waals surface area contributed by atoms with Gasteiger partial charge in [0.1, 0.15) is 0 Å². The maximum atomic E-state index is 5.73. The third kappa shape index (κ3) is 5.80. The van der Waals surface area contributed by atoms with Crippen molar-refractivity contribution in [1.29, 1.82) is 0 Å². The number of thiophene rings is 1. The summed E-state index contributed by atoms with van der Waals surface area (Å²) in [5.41, 5.74) is 0. The van der Waals surface area contributed by atoms with E-state index in [0.29, 0.717) is 12.1 Å². The molecule has 142 valence electrons. The number of likely N-dealkylation sites (tertiary alicyclic amines) is 1. The summed E-state index contributed by atoms with van der Waals surface area (Å²) in [6, 6.07) is 4.74. The summed E-state index contributed by atoms with van der Waals surface area (Å²) < 4.78 is 5.73. The van der Waals surface area contributed by atoms with Crippen LogP contribution in [0.3, 0.4) is 0 Å². The Balaban J connectivity index is 0.00000225. The second kappa shape index (κ2) is 10.7. The molecule has 0 aliphatic carbocycles. The average molecular weight is 478 g/mol. The molecule has 0 amide bonds. The van der Waals surface area contributed by atoms with E-state index in [0.717, 1.165) is 51.8 Å². The lowest BCUT2D eigenvalue weighted by Crippen LogP contribution is -2.44. The van der Waals surface area contributed by atoms with Gasteiger partial charge in [0.05, 0.1) is 25.3 Å². The minimum Gasteiger partial charge on any atom is -0.376 e. The van der Waals surface area contributed by atoms with Crippen molar-refractivity contribution in [3.8, 4) is 0 Å². The van der Waals surface area contributed by atoms with Crippen LogP contribution in [0.5, 0.6) is 0 Å². The van der Waals surface area contributed by atoms with Gasteiger partial charge in [-0.25, -0.2) is 0 Å². The fraction of sp³-hybridized carbons (Fsp3) is 0.722. The predicted octanol–water partition coefficient (Wildman–Crippen LogP) is 3.19. The second-order valence-electron chi connectivity index (χ2n) is 6.60. The normalized spacial score (nSPS) is 23.4. The number of hydrogen-bond acceptors (Lipinski definition) is 4. The first kappa shape index (κ1) is 20.9. The van der Waals surface area contributed by atoms with Crippen LogP contribution in [-0.2, 0) is 4.74 Å². The molecule has 1 aromatic rings. The van der Waals surface area contributed by atoms with Crippen LogP contribution in [0.1, 0.15) is 37.6 Å². The zero-order valence-electron chi connectivity index (χ0n) is 15.3. The van der Waals surface area contributed by atoms with E-state index >= 15 is 0 Å². The number of aliphatic imine (C=N–C) groups is 1. The SMILES string of the molecule is CCNC(=NCC(c1cccs1)N1CCOC(C)C1)N1CCCC1.I. The van der Waals surface area contributed by atoms with E-state index in [1.165, 1.54) is 17.7 Å². The first-order valence-electron chi connectivity index (χ1n) is 9.20. The fourth-order valence-electron chi connectivity index (χ4n) is 3.52. The smallest absolute Gasteiger partial charge is 0.193 e. The Kier molecular flexibility index (Phi) is 8.95. The fourth-order valence-corrected chi connectivity index (χ4v) is 4.37. The Hall–Kier alpha value is -0.380. The summed E-state index contributed by atoms with van der Waals surface area (Å²) in [6.45, 7) is 11.1. The van der Waals surface area contributed by atoms with Crippen molar-refractivity contribution < 1.29 is 4.74 Å². The van der Waals surface area contributed by atoms with Crippen LogP contribution in [0, 0.1) is 0 Å². The van der Waals surface area contributed by atoms with E-state index in [2.05, 4.69) is 46.5 Å². The van der Waals surface area contributed by atoms with E-state index < -0.39 is 0 Å². The van der Waals surface area contributed by atoms with Gasteiger partial charge in [-0.2, -0.15) is 0 Å². The molecule has 0 radical (unpaired) electrons. The van der Waals surface area contributed by atoms with E-state index in [4.69, 9.17) is 9.73 Å². The van der Waals surface area contributed by atoms with E-state index in [-0.39, 0.29) is 24.0 Å². The van der Waals surface area contributed by atoms with Crippen LogP contribution >= 0.6 is 35.3 Å². The van der Waals surface area contributed by atoms with Crippen LogP contribution in [0.4, 0.5) is 0 Å². The third-order valence-corrected chi connectivity index (χ3v) is 5.71. The number of rotatable bonds is 5. The molecule has 25 heavy (non-hydrogen) atoms. The molecule has 2 aliphatic heterocycles. The maximum absolute atomic E-state index is 5.73. The van der Waals surface area contributed by atoms with E-state index in [1.54, 1.807) is 0 Å². The first-order valence-corrected chi connectivity index (χ1v) is 10.1. The van der Waals surface area contributed by atoms with E-state index in [9.17, 15) is 0 Å². The number of morpholine rings is 1. The summed E-state index contributed by atoms with van der Waals surface area (Å²) in [6.07, 6.45) is 2.86. The van der Waals surface area contributed by atoms with Crippen molar-refractivity contribution in [3.05, 3.63) is 22.4 Å². The van der Waals surface area contributed by atoms with Gasteiger partial charge < -0.3 is 15.0 Å². The summed E-state index contributed by atoms with van der Waals surface area (Å²) in [7, 11) is 0. The lowest BCUT2D eigenvalue weighted by atomic mass is 10.1. The highest BCUT2D eigenvalue weighted by molar-refractivity contribution is 14.0. The molecule has 2 atom stereocenters. The molecule has 5 nitrogen and oxygen atoms in total. The monoisotopic (exact) mass is 478 g/mol. The van der Waals surface area contributed by atoms with Gasteiger partial charge >= 0.3 is 0 Å². The number of nitrogens with zero attached hydrogens (tertiary/aromatic N) is 3. The molecule has 2 fully saturated rings. The van der Waals surface area contributed by atoms with Gasteiger partial charge in [0, 0.05) is 37.6 Å². The van der Waals surface area contributed by atoms with Crippen molar-refractivity contribution in [2.75, 3.05) is 45.9 Å². The van der Waals surface area contributed by atoms with E-state index in [1.807, 2.05) is 11.3 Å². The van der Waals surface area contributed by atoms with Gasteiger partial charge in [0.2, 0.25) is 0 Å². The first-order chi connectivity index (χ1) is 11.8. The summed E-state index contributed by atoms with van der Waals surface area (Å²) in [5, 5.41) is 5.64. The van der Waals surface area contributed by atoms with Gasteiger partial charge in [-0.05, 0) is 38.1 Å². The van der Waals surface area contributed by atoms with Crippen molar-refractivity contribution in [2.45, 2.75) is 38.8 Å². The molecule has 2 aliphatic rings. The number of nitrogens with one attached hydrogen (secondary N) is 1. The highest BCUT2D eigenvalue weighted by Crippen LogP contribution is 2.27. The highest BCUT2D eigenvalue weighted by Gasteiger charge is 2.26. The van der Waals surface area contributed by atoms with Crippen LogP contribution in [0.15, 0.2) is 22.5 Å². The number of hydrogen-bond donors (Lipinski definition) is 1. The molecule has 2 saturated heterocycles. The van der Waals surface area contributed by atoms with Crippen molar-refractivity contribution in [2.24, 2.45) is 4.99 Å². The summed E-state index contributed by atoms with van der Waals surface area (Å²) >= 11 is 1.84. The number of ether oxygens (including phenoxy) is 1. The molecular weight excluding hydrogens is 447 g/mol. The van der Waals surface area contributed by atoms with Gasteiger partial charge in [-0.15, -0.1) is 35.3 Å². The van der Waals surface area contributed by atoms with Crippen LogP contribution in [-0.4, -0.2) is 67.7 Å². The third-order valence-electron chi connectivity index (χ3n) is 4.74. The Labute approximate surface area is 172 Å². The van der Waals surface area contributed by atoms with Crippen molar-refractivity contribution in [3.63, 3.8) is 0 Å². The summed E-state index contributed by atoms with van der Waals surface area (Å²) in [4.78, 5) is 11.4. The molecule has 1 N–H and O–H groups in total. The van der Waals surface area contributed by atoms with Crippen molar-refractivity contribution in [1.82, 2.24) is 15.1 Å². The molecular formula is C18H31IN4OS. The predicted molar refractivity (Wildman–Crippen MR) is 116 cm³/mol. The minimum atomic E-state index is 0. The molecule has 0 spiro atoms. The molecule has 0 saturated carbocycles. The molecule has 2 unspecified atom stereocenters. The quantitative estimate of drug-likeness (QED) is 0.401. The zero-order valence-corrected chi connectivity index (χ0v) is 18.5. The molecule has 0 aromatic carbocycles. The van der Waals surface area contributed by atoms with Crippen molar-refractivity contribution >= 4 is 41.3 Å². The van der Waals surface area contributed by atoms with Gasteiger partial charge in [-0.1, -0.05) is 6.07 Å². The van der Waals surface area contributed by atoms with Gasteiger partial charge in [-0.3, -0.25) is 9.89 Å². The highest BCUT2D eigenvalue weighted by atomic mass is 127. The van der Waals surface area contributed by atoms with Crippen LogP contribution in [0.25, 0.3) is 0 Å². The zero-order chi connectivity index (χ0) is 16.8. The Bertz CT molecular complexity index is 519. The number of guanidine groups is 1. The molecule has 3 rings (SSSR count). The Morgan fingerprint density at radius 2 is 2.20 bits per heavy atom. The standard InChI is InChI=1S/C18H30N4OS.HI/c1-3-19-18(21-8-4-5-9-21)20-13-16(17-7-6-12-24-17)22-10-11-23-15(2)14-22;/h6-7,12,15-16H,3-5,8-11,13-14H2,1-2H3,(H,19,20);1H. The second-order valence-corrected chi connectivity index (χ2v) is 7.58. The molecule has 0 bridgehead atoms. The van der Waals surface area contributed by atoms with Crippen LogP contribution < -0.4 is 5.32 Å². The van der Waals surface area contributed by atoms with Gasteiger partial charge in [0.25, 0.3) is 0 Å². The van der Waals surface area contributed by atoms with Gasteiger partial charge in [0.15, 0.2) is 5.96 Å². The summed E-state index contributed by atoms with van der Waals surface area (Å²) in [5.74, 6) is 1.08. The molecule has 3 heterocycles. The molecule has 7 heteroatoms. The Morgan fingerprint density at radius 3 is 2.84 bits per heavy atom. The largest absolute Gasteiger partial charge is 0.376 e. The average Bonchev–Trinajstić information content (AvgIpc) is 3.28. The number of halogens is 1. The molecule has 1 aromatic heterocycles. The lowest BCUT2D eigenvalue weighted by molar-refractivity contribution is -0.0327. The Morgan fingerprint density at radius 1 is 1.40 bits per heavy atom. The lowest BCUT2D eigenvalue weighted by Gasteiger charge is -2.36. The van der Waals surface area contributed by atoms with Crippen LogP contribution in [0.2, 0.25) is 0 Å². The minimum absolute atomic E-state index is 0. The maximum Gasteiger partial charge on any atom is 0.193 e.